The number of alkyl halides is 1. The molecule has 2 unspecified atom stereocenters. The number of aromatic nitrogens is 2. The van der Waals surface area contributed by atoms with Crippen molar-refractivity contribution in [2.24, 2.45) is 0 Å². The van der Waals surface area contributed by atoms with Crippen LogP contribution in [0.4, 0.5) is 15.0 Å². The average Bonchev–Trinajstić information content (AvgIpc) is 3.39. The zero-order valence-corrected chi connectivity index (χ0v) is 18.3. The number of amides is 1. The Morgan fingerprint density at radius 2 is 2.06 bits per heavy atom. The number of hydrogen-bond acceptors (Lipinski definition) is 7. The van der Waals surface area contributed by atoms with E-state index in [4.69, 9.17) is 14.7 Å². The fraction of sp³-hybridized carbons (Fsp3) is 0.773. The third-order valence-electron chi connectivity index (χ3n) is 8.13. The number of carbonyl (C=O) groups is 1. The SMILES string of the molecule is O=C(O)N1C2CCC1CN(c1nc(OC[C@@]34CCCN3C[C@H](F)C4)nc3c1CCNC3)C2. The first-order chi connectivity index (χ1) is 15.5. The molecular weight excluding hydrogens is 415 g/mol. The third kappa shape index (κ3) is 3.30. The average molecular weight is 447 g/mol. The molecule has 1 aromatic rings. The summed E-state index contributed by atoms with van der Waals surface area (Å²) in [6.45, 7) is 4.70. The van der Waals surface area contributed by atoms with Crippen molar-refractivity contribution < 1.29 is 19.0 Å². The van der Waals surface area contributed by atoms with E-state index in [-0.39, 0.29) is 17.6 Å². The molecule has 9 nitrogen and oxygen atoms in total. The molecule has 4 atom stereocenters. The highest BCUT2D eigenvalue weighted by molar-refractivity contribution is 5.67. The molecule has 32 heavy (non-hydrogen) atoms. The lowest BCUT2D eigenvalue weighted by atomic mass is 9.95. The lowest BCUT2D eigenvalue weighted by Crippen LogP contribution is -2.56. The van der Waals surface area contributed by atoms with Crippen molar-refractivity contribution in [1.29, 1.82) is 0 Å². The number of halogens is 1. The molecule has 5 aliphatic heterocycles. The Kier molecular flexibility index (Phi) is 4.90. The van der Waals surface area contributed by atoms with Crippen molar-refractivity contribution in [3.8, 4) is 6.01 Å². The summed E-state index contributed by atoms with van der Waals surface area (Å²) >= 11 is 0. The molecule has 0 aliphatic carbocycles. The van der Waals surface area contributed by atoms with Gasteiger partial charge in [0.05, 0.1) is 23.3 Å². The number of ether oxygens (including phenoxy) is 1. The Morgan fingerprint density at radius 3 is 2.84 bits per heavy atom. The van der Waals surface area contributed by atoms with Gasteiger partial charge < -0.3 is 20.1 Å². The molecule has 0 radical (unpaired) electrons. The summed E-state index contributed by atoms with van der Waals surface area (Å²) in [5.41, 5.74) is 1.87. The first-order valence-electron chi connectivity index (χ1n) is 11.9. The molecule has 6 rings (SSSR count). The minimum absolute atomic E-state index is 0.00821. The molecule has 4 fully saturated rings. The zero-order chi connectivity index (χ0) is 21.9. The van der Waals surface area contributed by atoms with Gasteiger partial charge in [-0.15, -0.1) is 0 Å². The second-order valence-corrected chi connectivity index (χ2v) is 10.0. The van der Waals surface area contributed by atoms with E-state index in [1.807, 2.05) is 0 Å². The summed E-state index contributed by atoms with van der Waals surface area (Å²) in [6.07, 6.45) is 3.58. The van der Waals surface area contributed by atoms with Crippen molar-refractivity contribution in [3.05, 3.63) is 11.3 Å². The Hall–Kier alpha value is -2.20. The largest absolute Gasteiger partial charge is 0.465 e. The number of nitrogens with one attached hydrogen (secondary N) is 1. The van der Waals surface area contributed by atoms with Crippen LogP contribution in [0.5, 0.6) is 6.01 Å². The van der Waals surface area contributed by atoms with Gasteiger partial charge in [-0.1, -0.05) is 0 Å². The van der Waals surface area contributed by atoms with Gasteiger partial charge in [-0.25, -0.2) is 9.18 Å². The summed E-state index contributed by atoms with van der Waals surface area (Å²) < 4.78 is 20.3. The maximum absolute atomic E-state index is 14.1. The van der Waals surface area contributed by atoms with Crippen LogP contribution >= 0.6 is 0 Å². The molecule has 174 valence electrons. The summed E-state index contributed by atoms with van der Waals surface area (Å²) in [5.74, 6) is 0.893. The minimum Gasteiger partial charge on any atom is -0.465 e. The molecule has 2 N–H and O–H groups in total. The lowest BCUT2D eigenvalue weighted by Gasteiger charge is -2.41. The van der Waals surface area contributed by atoms with Gasteiger partial charge in [-0.05, 0) is 45.2 Å². The third-order valence-corrected chi connectivity index (χ3v) is 8.13. The summed E-state index contributed by atoms with van der Waals surface area (Å²) in [6, 6.07) is 0.377. The van der Waals surface area contributed by atoms with Crippen LogP contribution < -0.4 is 15.0 Å². The van der Waals surface area contributed by atoms with E-state index < -0.39 is 12.3 Å². The van der Waals surface area contributed by atoms with Crippen molar-refractivity contribution in [2.45, 2.75) is 68.9 Å². The summed E-state index contributed by atoms with van der Waals surface area (Å²) in [7, 11) is 0. The normalized spacial score (nSPS) is 34.0. The maximum atomic E-state index is 14.1. The molecule has 0 aromatic carbocycles. The number of piperazine rings is 1. The fourth-order valence-electron chi connectivity index (χ4n) is 6.68. The summed E-state index contributed by atoms with van der Waals surface area (Å²) in [5, 5.41) is 13.0. The molecule has 5 aliphatic rings. The van der Waals surface area contributed by atoms with Gasteiger partial charge >= 0.3 is 12.1 Å². The monoisotopic (exact) mass is 446 g/mol. The second-order valence-electron chi connectivity index (χ2n) is 10.0. The molecular formula is C22H31FN6O3. The van der Waals surface area contributed by atoms with E-state index >= 15 is 0 Å². The number of carboxylic acid groups (broad SMARTS) is 1. The van der Waals surface area contributed by atoms with Gasteiger partial charge in [0, 0.05) is 38.2 Å². The van der Waals surface area contributed by atoms with Crippen LogP contribution in [0.1, 0.15) is 43.4 Å². The van der Waals surface area contributed by atoms with Gasteiger partial charge in [0.1, 0.15) is 18.6 Å². The van der Waals surface area contributed by atoms with Crippen molar-refractivity contribution in [1.82, 2.24) is 25.1 Å². The van der Waals surface area contributed by atoms with Crippen molar-refractivity contribution in [3.63, 3.8) is 0 Å². The van der Waals surface area contributed by atoms with Crippen LogP contribution in [-0.4, -0.2) is 94.1 Å². The Bertz CT molecular complexity index is 904. The number of hydrogen-bond donors (Lipinski definition) is 2. The van der Waals surface area contributed by atoms with Crippen LogP contribution in [0.2, 0.25) is 0 Å². The molecule has 0 saturated carbocycles. The van der Waals surface area contributed by atoms with E-state index in [0.717, 1.165) is 62.3 Å². The first-order valence-corrected chi connectivity index (χ1v) is 11.9. The van der Waals surface area contributed by atoms with E-state index in [1.165, 1.54) is 0 Å². The highest BCUT2D eigenvalue weighted by atomic mass is 19.1. The van der Waals surface area contributed by atoms with Crippen LogP contribution in [0.3, 0.4) is 0 Å². The maximum Gasteiger partial charge on any atom is 0.407 e. The van der Waals surface area contributed by atoms with Gasteiger partial charge in [-0.2, -0.15) is 9.97 Å². The van der Waals surface area contributed by atoms with Crippen LogP contribution in [0.15, 0.2) is 0 Å². The van der Waals surface area contributed by atoms with Crippen molar-refractivity contribution >= 4 is 11.9 Å². The molecule has 10 heteroatoms. The van der Waals surface area contributed by atoms with Crippen LogP contribution in [-0.2, 0) is 13.0 Å². The standard InChI is InChI=1S/C22H31FN6O3/c23-14-8-22(5-1-7-28(22)10-14)13-32-20-25-18-9-24-6-4-17(18)19(26-20)27-11-15-2-3-16(12-27)29(15)21(30)31/h14-16,24H,1-13H2,(H,30,31)/t14-,15?,16?,22+/m1/s1. The topological polar surface area (TPSA) is 94.1 Å². The summed E-state index contributed by atoms with van der Waals surface area (Å²) in [4.78, 5) is 27.4. The van der Waals surface area contributed by atoms with Crippen molar-refractivity contribution in [2.75, 3.05) is 44.2 Å². The second kappa shape index (κ2) is 7.69. The predicted octanol–water partition coefficient (Wildman–Crippen LogP) is 1.41. The lowest BCUT2D eigenvalue weighted by molar-refractivity contribution is 0.106. The molecule has 1 aromatic heterocycles. The van der Waals surface area contributed by atoms with Crippen LogP contribution in [0, 0.1) is 0 Å². The smallest absolute Gasteiger partial charge is 0.407 e. The highest BCUT2D eigenvalue weighted by Crippen LogP contribution is 2.41. The van der Waals surface area contributed by atoms with E-state index in [9.17, 15) is 14.3 Å². The van der Waals surface area contributed by atoms with E-state index in [2.05, 4.69) is 15.1 Å². The Labute approximate surface area is 186 Å². The number of fused-ring (bicyclic) bond motifs is 4. The van der Waals surface area contributed by atoms with Crippen LogP contribution in [0.25, 0.3) is 0 Å². The molecule has 2 bridgehead atoms. The quantitative estimate of drug-likeness (QED) is 0.717. The van der Waals surface area contributed by atoms with E-state index in [0.29, 0.717) is 45.2 Å². The number of anilines is 1. The zero-order valence-electron chi connectivity index (χ0n) is 18.3. The Balaban J connectivity index is 1.26. The van der Waals surface area contributed by atoms with E-state index in [1.54, 1.807) is 4.90 Å². The minimum atomic E-state index is -0.821. The molecule has 1 amide bonds. The van der Waals surface area contributed by atoms with Gasteiger partial charge in [0.2, 0.25) is 0 Å². The fourth-order valence-corrected chi connectivity index (χ4v) is 6.68. The Morgan fingerprint density at radius 1 is 1.25 bits per heavy atom. The molecule has 4 saturated heterocycles. The first kappa shape index (κ1) is 20.4. The number of rotatable bonds is 4. The highest BCUT2D eigenvalue weighted by Gasteiger charge is 2.49. The van der Waals surface area contributed by atoms with Gasteiger partial charge in [-0.3, -0.25) is 9.80 Å². The molecule has 6 heterocycles. The predicted molar refractivity (Wildman–Crippen MR) is 115 cm³/mol. The van der Waals surface area contributed by atoms with Gasteiger partial charge in [0.15, 0.2) is 0 Å². The number of nitrogens with zero attached hydrogens (tertiary/aromatic N) is 5. The van der Waals surface area contributed by atoms with Gasteiger partial charge in [0.25, 0.3) is 0 Å². The molecule has 0 spiro atoms.